The maximum atomic E-state index is 14.5. The Bertz CT molecular complexity index is 1030. The van der Waals surface area contributed by atoms with Crippen LogP contribution in [0.3, 0.4) is 0 Å². The second-order valence-corrected chi connectivity index (χ2v) is 5.04. The quantitative estimate of drug-likeness (QED) is 0.367. The van der Waals surface area contributed by atoms with E-state index in [9.17, 15) is 22.8 Å². The molecule has 0 bridgehead atoms. The van der Waals surface area contributed by atoms with E-state index in [2.05, 4.69) is 22.6 Å². The summed E-state index contributed by atoms with van der Waals surface area (Å²) in [6.45, 7) is 6.35. The fourth-order valence-corrected chi connectivity index (χ4v) is 2.00. The molecule has 0 unspecified atom stereocenters. The number of halogens is 3. The van der Waals surface area contributed by atoms with Gasteiger partial charge in [-0.1, -0.05) is 19.2 Å². The third kappa shape index (κ3) is 5.25. The van der Waals surface area contributed by atoms with E-state index in [4.69, 9.17) is 9.47 Å². The summed E-state index contributed by atoms with van der Waals surface area (Å²) >= 11 is 0. The van der Waals surface area contributed by atoms with E-state index in [0.29, 0.717) is 0 Å². The van der Waals surface area contributed by atoms with Crippen molar-refractivity contribution >= 4 is 22.7 Å². The van der Waals surface area contributed by atoms with Crippen LogP contribution in [0.15, 0.2) is 68.6 Å². The maximum Gasteiger partial charge on any atom is 0.335 e. The second-order valence-electron chi connectivity index (χ2n) is 5.04. The van der Waals surface area contributed by atoms with Crippen molar-refractivity contribution in [2.75, 3.05) is 0 Å². The Labute approximate surface area is 162 Å². The van der Waals surface area contributed by atoms with Crippen LogP contribution < -0.4 is 9.47 Å². The van der Waals surface area contributed by atoms with Crippen LogP contribution in [-0.4, -0.2) is 11.9 Å². The van der Waals surface area contributed by atoms with Crippen LogP contribution in [0.5, 0.6) is 11.5 Å². The van der Waals surface area contributed by atoms with Crippen LogP contribution >= 0.6 is 0 Å². The minimum atomic E-state index is -1.51. The van der Waals surface area contributed by atoms with Crippen molar-refractivity contribution in [1.29, 1.82) is 0 Å². The number of hydrogen-bond donors (Lipinski definition) is 0. The molecule has 0 N–H and O–H groups in total. The molecule has 0 saturated carbocycles. The van der Waals surface area contributed by atoms with Crippen molar-refractivity contribution in [3.8, 4) is 11.5 Å². The van der Waals surface area contributed by atoms with Crippen molar-refractivity contribution in [2.45, 2.75) is 0 Å². The molecule has 150 valence electrons. The predicted molar refractivity (Wildman–Crippen MR) is 95.9 cm³/mol. The van der Waals surface area contributed by atoms with Gasteiger partial charge >= 0.3 is 11.9 Å². The van der Waals surface area contributed by atoms with Gasteiger partial charge in [-0.15, -0.1) is 0 Å². The number of carbonyl (C=O) groups is 2. The Kier molecular flexibility index (Phi) is 7.19. The highest BCUT2D eigenvalue weighted by Crippen LogP contribution is 2.34. The number of fused-ring (bicyclic) bond motifs is 1. The van der Waals surface area contributed by atoms with Crippen LogP contribution in [-0.2, 0) is 19.1 Å². The van der Waals surface area contributed by atoms with E-state index in [1.54, 1.807) is 0 Å². The van der Waals surface area contributed by atoms with E-state index >= 15 is 0 Å². The molecule has 0 spiro atoms. The van der Waals surface area contributed by atoms with E-state index in [0.717, 1.165) is 49.3 Å². The van der Waals surface area contributed by atoms with Gasteiger partial charge in [-0.05, 0) is 17.5 Å². The van der Waals surface area contributed by atoms with Gasteiger partial charge in [0.15, 0.2) is 23.1 Å². The third-order valence-electron chi connectivity index (χ3n) is 3.26. The molecule has 0 atom stereocenters. The summed E-state index contributed by atoms with van der Waals surface area (Å²) in [5, 5.41) is -0.701. The summed E-state index contributed by atoms with van der Waals surface area (Å²) in [7, 11) is 0. The number of benzene rings is 2. The number of hydrogen-bond acceptors (Lipinski definition) is 6. The molecule has 6 nitrogen and oxygen atoms in total. The normalized spacial score (nSPS) is 10.9. The Balaban J connectivity index is 2.26. The molecule has 0 aliphatic rings. The zero-order valence-electron chi connectivity index (χ0n) is 14.7. The molecule has 9 heteroatoms. The molecule has 0 aliphatic carbocycles. The monoisotopic (exact) mass is 406 g/mol. The van der Waals surface area contributed by atoms with E-state index in [-0.39, 0.29) is 5.39 Å². The molecule has 0 heterocycles. The summed E-state index contributed by atoms with van der Waals surface area (Å²) in [6.07, 6.45) is 5.06. The number of esters is 2. The molecule has 0 aromatic heterocycles. The average Bonchev–Trinajstić information content (AvgIpc) is 2.72. The summed E-state index contributed by atoms with van der Waals surface area (Å²) < 4.78 is 61.8. The van der Waals surface area contributed by atoms with Gasteiger partial charge in [-0.25, -0.2) is 18.4 Å². The first-order valence-electron chi connectivity index (χ1n) is 7.78. The zero-order chi connectivity index (χ0) is 21.4. The fourth-order valence-electron chi connectivity index (χ4n) is 2.00. The predicted octanol–water partition coefficient (Wildman–Crippen LogP) is 4.42. The molecule has 2 aromatic rings. The van der Waals surface area contributed by atoms with Crippen molar-refractivity contribution in [3.63, 3.8) is 0 Å². The number of carbonyl (C=O) groups excluding carboxylic acids is 2. The lowest BCUT2D eigenvalue weighted by molar-refractivity contribution is -0.133. The first kappa shape index (κ1) is 21.3. The summed E-state index contributed by atoms with van der Waals surface area (Å²) in [4.78, 5) is 21.7. The molecular formula is C20H13F3O6. The van der Waals surface area contributed by atoms with Gasteiger partial charge in [0.2, 0.25) is 5.82 Å². The molecule has 0 aliphatic heterocycles. The maximum absolute atomic E-state index is 14.5. The van der Waals surface area contributed by atoms with Crippen LogP contribution in [0.2, 0.25) is 0 Å². The van der Waals surface area contributed by atoms with E-state index < -0.39 is 46.3 Å². The van der Waals surface area contributed by atoms with Crippen LogP contribution in [0.1, 0.15) is 0 Å². The van der Waals surface area contributed by atoms with Crippen molar-refractivity contribution in [1.82, 2.24) is 0 Å². The summed E-state index contributed by atoms with van der Waals surface area (Å²) in [5.41, 5.74) is 0. The lowest BCUT2D eigenvalue weighted by Gasteiger charge is -2.10. The first-order valence-corrected chi connectivity index (χ1v) is 7.78. The third-order valence-corrected chi connectivity index (χ3v) is 3.26. The Morgan fingerprint density at radius 3 is 1.86 bits per heavy atom. The molecule has 29 heavy (non-hydrogen) atoms. The molecular weight excluding hydrogens is 393 g/mol. The largest absolute Gasteiger partial charge is 0.459 e. The molecule has 2 aromatic carbocycles. The van der Waals surface area contributed by atoms with Gasteiger partial charge in [0.05, 0.1) is 5.39 Å². The van der Waals surface area contributed by atoms with E-state index in [1.165, 1.54) is 6.07 Å². The molecule has 2 rings (SSSR count). The van der Waals surface area contributed by atoms with Gasteiger partial charge in [-0.2, -0.15) is 4.39 Å². The van der Waals surface area contributed by atoms with Gasteiger partial charge in [0.25, 0.3) is 0 Å². The Hall–Kier alpha value is -4.01. The molecule has 0 radical (unpaired) electrons. The summed E-state index contributed by atoms with van der Waals surface area (Å²) in [5.74, 6) is -6.71. The Morgan fingerprint density at radius 2 is 1.31 bits per heavy atom. The standard InChI is InChI=1S/C20H13F3O6/c1-3-15(24)28-9-7-26-13-6-5-12-11-14(27-8-10-29-16(25)4-2)19(22)20(23)17(12)18(13)21/h3-11H,1-2H2. The summed E-state index contributed by atoms with van der Waals surface area (Å²) in [6, 6.07) is 3.45. The number of rotatable bonds is 8. The fraction of sp³-hybridized carbons (Fsp3) is 0. The minimum Gasteiger partial charge on any atom is -0.459 e. The van der Waals surface area contributed by atoms with Gasteiger partial charge < -0.3 is 18.9 Å². The van der Waals surface area contributed by atoms with Gasteiger partial charge in [-0.3, -0.25) is 0 Å². The smallest absolute Gasteiger partial charge is 0.335 e. The number of ether oxygens (including phenoxy) is 4. The molecule has 0 fully saturated rings. The van der Waals surface area contributed by atoms with Gasteiger partial charge in [0.1, 0.15) is 25.0 Å². The van der Waals surface area contributed by atoms with Crippen molar-refractivity contribution in [2.24, 2.45) is 0 Å². The van der Waals surface area contributed by atoms with Crippen LogP contribution in [0.4, 0.5) is 13.2 Å². The average molecular weight is 406 g/mol. The first-order chi connectivity index (χ1) is 13.9. The van der Waals surface area contributed by atoms with Crippen molar-refractivity contribution < 1.29 is 41.7 Å². The zero-order valence-corrected chi connectivity index (χ0v) is 14.7. The Morgan fingerprint density at radius 1 is 0.759 bits per heavy atom. The van der Waals surface area contributed by atoms with Crippen LogP contribution in [0.25, 0.3) is 10.8 Å². The van der Waals surface area contributed by atoms with Crippen LogP contribution in [0, 0.1) is 17.5 Å². The lowest BCUT2D eigenvalue weighted by atomic mass is 10.1. The second kappa shape index (κ2) is 9.79. The van der Waals surface area contributed by atoms with E-state index in [1.807, 2.05) is 0 Å². The van der Waals surface area contributed by atoms with Gasteiger partial charge in [0, 0.05) is 12.2 Å². The highest BCUT2D eigenvalue weighted by Gasteiger charge is 2.20. The highest BCUT2D eigenvalue weighted by atomic mass is 19.2. The molecule has 0 amide bonds. The lowest BCUT2D eigenvalue weighted by Crippen LogP contribution is -1.98. The van der Waals surface area contributed by atoms with Crippen molar-refractivity contribution in [3.05, 3.63) is 86.0 Å². The highest BCUT2D eigenvalue weighted by molar-refractivity contribution is 5.87. The minimum absolute atomic E-state index is 0.0256. The SMILES string of the molecule is C=CC(=O)OC=COc1cc2ccc(OC=COC(=O)C=C)c(F)c2c(F)c1F. The molecule has 0 saturated heterocycles. The topological polar surface area (TPSA) is 71.1 Å².